The molecule has 1 amide bonds. The maximum Gasteiger partial charge on any atom is 0.255 e. The minimum Gasteiger partial charge on any atom is -0.488 e. The van der Waals surface area contributed by atoms with Gasteiger partial charge in [-0.2, -0.15) is 4.98 Å². The van der Waals surface area contributed by atoms with Crippen LogP contribution in [-0.4, -0.2) is 20.7 Å². The van der Waals surface area contributed by atoms with Crippen LogP contribution in [0.15, 0.2) is 112 Å². The summed E-state index contributed by atoms with van der Waals surface area (Å²) >= 11 is 18.0. The lowest BCUT2D eigenvalue weighted by atomic mass is 9.94. The number of nitrogens with zero attached hydrogens (tertiary/aromatic N) is 3. The van der Waals surface area contributed by atoms with E-state index in [1.54, 1.807) is 4.68 Å². The number of thioether (sulfide) groups is 1. The van der Waals surface area contributed by atoms with E-state index < -0.39 is 6.04 Å². The summed E-state index contributed by atoms with van der Waals surface area (Å²) in [4.78, 5) is 18.9. The Kier molecular flexibility index (Phi) is 9.51. The Bertz CT molecular complexity index is 1930. The Hall–Kier alpha value is -3.76. The van der Waals surface area contributed by atoms with Crippen LogP contribution < -0.4 is 15.4 Å². The molecule has 1 aliphatic rings. The third-order valence-corrected chi connectivity index (χ3v) is 9.39. The Morgan fingerprint density at radius 2 is 1.71 bits per heavy atom. The van der Waals surface area contributed by atoms with Gasteiger partial charge in [-0.05, 0) is 67.4 Å². The molecule has 4 aromatic carbocycles. The molecule has 0 aliphatic carbocycles. The smallest absolute Gasteiger partial charge is 0.255 e. The number of amides is 1. The zero-order chi connectivity index (χ0) is 31.5. The second-order valence-corrected chi connectivity index (χ2v) is 13.2. The van der Waals surface area contributed by atoms with Crippen molar-refractivity contribution in [2.45, 2.75) is 37.4 Å². The summed E-state index contributed by atoms with van der Waals surface area (Å²) in [6, 6.07) is 28.0. The number of halogens is 3. The Labute approximate surface area is 284 Å². The highest BCUT2D eigenvalue weighted by Gasteiger charge is 2.36. The molecule has 45 heavy (non-hydrogen) atoms. The van der Waals surface area contributed by atoms with Gasteiger partial charge in [0.2, 0.25) is 11.1 Å². The van der Waals surface area contributed by atoms with Gasteiger partial charge < -0.3 is 15.4 Å². The zero-order valence-corrected chi connectivity index (χ0v) is 28.3. The lowest BCUT2D eigenvalue weighted by molar-refractivity contribution is -0.113. The molecule has 1 atom stereocenters. The van der Waals surface area contributed by atoms with E-state index in [1.165, 1.54) is 11.8 Å². The highest BCUT2D eigenvalue weighted by molar-refractivity contribution is 9.10. The van der Waals surface area contributed by atoms with Crippen LogP contribution in [0.3, 0.4) is 0 Å². The van der Waals surface area contributed by atoms with E-state index in [-0.39, 0.29) is 12.5 Å². The van der Waals surface area contributed by atoms with E-state index in [9.17, 15) is 4.79 Å². The van der Waals surface area contributed by atoms with E-state index in [2.05, 4.69) is 26.6 Å². The molecule has 5 aromatic rings. The summed E-state index contributed by atoms with van der Waals surface area (Å²) in [6.45, 7) is 4.10. The molecule has 0 bridgehead atoms. The molecular weight excluding hydrogens is 693 g/mol. The highest BCUT2D eigenvalue weighted by Crippen LogP contribution is 2.42. The van der Waals surface area contributed by atoms with E-state index in [4.69, 9.17) is 38.0 Å². The monoisotopic (exact) mass is 719 g/mol. The molecule has 1 aliphatic heterocycles. The number of carbonyl (C=O) groups excluding carboxylic acids is 1. The van der Waals surface area contributed by atoms with Crippen molar-refractivity contribution in [2.24, 2.45) is 0 Å². The van der Waals surface area contributed by atoms with E-state index in [0.717, 1.165) is 26.7 Å². The van der Waals surface area contributed by atoms with Crippen molar-refractivity contribution >= 4 is 68.4 Å². The van der Waals surface area contributed by atoms with Gasteiger partial charge in [0, 0.05) is 42.8 Å². The van der Waals surface area contributed by atoms with Crippen molar-refractivity contribution < 1.29 is 9.53 Å². The summed E-state index contributed by atoms with van der Waals surface area (Å²) in [5.74, 6) is 1.43. The number of rotatable bonds is 9. The lowest BCUT2D eigenvalue weighted by Crippen LogP contribution is -2.31. The molecule has 0 radical (unpaired) electrons. The van der Waals surface area contributed by atoms with Crippen LogP contribution in [0, 0.1) is 6.92 Å². The van der Waals surface area contributed by atoms with Crippen LogP contribution in [-0.2, 0) is 17.2 Å². The predicted octanol–water partition coefficient (Wildman–Crippen LogP) is 9.45. The van der Waals surface area contributed by atoms with Gasteiger partial charge in [0.1, 0.15) is 18.4 Å². The minimum absolute atomic E-state index is 0.246. The third-order valence-electron chi connectivity index (χ3n) is 7.28. The van der Waals surface area contributed by atoms with Crippen LogP contribution in [0.1, 0.15) is 35.2 Å². The number of aryl methyl sites for hydroxylation is 1. The number of benzene rings is 4. The van der Waals surface area contributed by atoms with Crippen molar-refractivity contribution in [1.29, 1.82) is 0 Å². The van der Waals surface area contributed by atoms with Gasteiger partial charge in [-0.3, -0.25) is 4.79 Å². The lowest BCUT2D eigenvalue weighted by Gasteiger charge is -2.30. The van der Waals surface area contributed by atoms with Crippen LogP contribution in [0.4, 0.5) is 11.6 Å². The summed E-state index contributed by atoms with van der Waals surface area (Å²) in [6.07, 6.45) is 0. The van der Waals surface area contributed by atoms with E-state index in [1.807, 2.05) is 105 Å². The molecule has 2 N–H and O–H groups in total. The van der Waals surface area contributed by atoms with Gasteiger partial charge in [-0.25, -0.2) is 4.68 Å². The van der Waals surface area contributed by atoms with E-state index >= 15 is 0 Å². The third kappa shape index (κ3) is 7.07. The average Bonchev–Trinajstić information content (AvgIpc) is 3.42. The Morgan fingerprint density at radius 1 is 0.978 bits per heavy atom. The second kappa shape index (κ2) is 13.7. The molecule has 2 heterocycles. The van der Waals surface area contributed by atoms with Gasteiger partial charge in [0.05, 0.1) is 5.57 Å². The first-order valence-corrected chi connectivity index (χ1v) is 16.6. The van der Waals surface area contributed by atoms with Gasteiger partial charge >= 0.3 is 0 Å². The summed E-state index contributed by atoms with van der Waals surface area (Å²) < 4.78 is 8.96. The second-order valence-electron chi connectivity index (χ2n) is 10.5. The SMILES string of the molecule is CC1=C(C(=O)Nc2cccc(C)c2)C(c2cc(Br)ccc2OCc2ccccc2Cl)n2nc(SCc3ccccc3Cl)nc2N1. The normalized spacial score (nSPS) is 14.1. The van der Waals surface area contributed by atoms with Crippen LogP contribution >= 0.6 is 50.9 Å². The molecule has 1 aromatic heterocycles. The van der Waals surface area contributed by atoms with Crippen LogP contribution in [0.2, 0.25) is 10.0 Å². The molecule has 0 fully saturated rings. The number of ether oxygens (including phenoxy) is 1. The Morgan fingerprint density at radius 3 is 2.44 bits per heavy atom. The first-order valence-electron chi connectivity index (χ1n) is 14.1. The summed E-state index contributed by atoms with van der Waals surface area (Å²) in [5.41, 5.74) is 5.45. The standard InChI is InChI=1S/C34H28BrCl2N5O2S/c1-20-8-7-11-25(16-20)39-32(43)30-21(2)38-33-40-34(45-19-23-10-4-6-13-28(23)37)41-42(33)31(30)26-17-24(35)14-15-29(26)44-18-22-9-3-5-12-27(22)36/h3-17,31H,18-19H2,1-2H3,(H,39,43)(H,38,40,41). The van der Waals surface area contributed by atoms with Crippen molar-refractivity contribution in [1.82, 2.24) is 14.8 Å². The van der Waals surface area contributed by atoms with Crippen molar-refractivity contribution in [3.63, 3.8) is 0 Å². The fourth-order valence-electron chi connectivity index (χ4n) is 5.09. The highest BCUT2D eigenvalue weighted by atomic mass is 79.9. The van der Waals surface area contributed by atoms with Gasteiger partial charge in [0.15, 0.2) is 0 Å². The first-order chi connectivity index (χ1) is 21.8. The average molecular weight is 722 g/mol. The van der Waals surface area contributed by atoms with Crippen LogP contribution in [0.5, 0.6) is 5.75 Å². The topological polar surface area (TPSA) is 81.1 Å². The maximum absolute atomic E-state index is 14.1. The number of fused-ring (bicyclic) bond motifs is 1. The summed E-state index contributed by atoms with van der Waals surface area (Å²) in [7, 11) is 0. The molecule has 0 saturated carbocycles. The van der Waals surface area contributed by atoms with Gasteiger partial charge in [-0.15, -0.1) is 5.10 Å². The van der Waals surface area contributed by atoms with Crippen LogP contribution in [0.25, 0.3) is 0 Å². The Balaban J connectivity index is 1.40. The largest absolute Gasteiger partial charge is 0.488 e. The van der Waals surface area contributed by atoms with Gasteiger partial charge in [0.25, 0.3) is 5.91 Å². The number of nitrogens with one attached hydrogen (secondary N) is 2. The van der Waals surface area contributed by atoms with Crippen molar-refractivity contribution in [3.05, 3.63) is 139 Å². The van der Waals surface area contributed by atoms with E-state index in [0.29, 0.717) is 49.6 Å². The fraction of sp³-hybridized carbons (Fsp3) is 0.147. The predicted molar refractivity (Wildman–Crippen MR) is 185 cm³/mol. The van der Waals surface area contributed by atoms with Gasteiger partial charge in [-0.1, -0.05) is 99.4 Å². The minimum atomic E-state index is -0.660. The number of aromatic nitrogens is 3. The molecule has 0 spiro atoms. The number of hydrogen-bond acceptors (Lipinski definition) is 6. The molecule has 6 rings (SSSR count). The maximum atomic E-state index is 14.1. The zero-order valence-electron chi connectivity index (χ0n) is 24.4. The molecular formula is C34H28BrCl2N5O2S. The summed E-state index contributed by atoms with van der Waals surface area (Å²) in [5, 5.41) is 13.2. The number of allylic oxidation sites excluding steroid dienone is 1. The molecule has 11 heteroatoms. The number of anilines is 2. The molecule has 7 nitrogen and oxygen atoms in total. The molecule has 1 unspecified atom stereocenters. The molecule has 0 saturated heterocycles. The number of carbonyl (C=O) groups is 1. The quantitative estimate of drug-likeness (QED) is 0.148. The fourth-order valence-corrected chi connectivity index (χ4v) is 6.77. The van der Waals surface area contributed by atoms with Crippen molar-refractivity contribution in [2.75, 3.05) is 10.6 Å². The first kappa shape index (κ1) is 31.2. The van der Waals surface area contributed by atoms with Crippen molar-refractivity contribution in [3.8, 4) is 5.75 Å². The molecule has 228 valence electrons. The number of hydrogen-bond donors (Lipinski definition) is 2.